The normalized spacial score (nSPS) is 14.5. The molecule has 3 aromatic rings. The molecule has 1 aliphatic rings. The summed E-state index contributed by atoms with van der Waals surface area (Å²) in [5.41, 5.74) is 5.83. The van der Waals surface area contributed by atoms with E-state index in [1.807, 2.05) is 12.1 Å². The van der Waals surface area contributed by atoms with Crippen LogP contribution in [0.4, 0.5) is 5.82 Å². The Morgan fingerprint density at radius 3 is 2.00 bits per heavy atom. The number of phenols is 1. The minimum atomic E-state index is 0.148. The second kappa shape index (κ2) is 7.31. The number of hydrogen-bond donors (Lipinski definition) is 1. The van der Waals surface area contributed by atoms with Crippen LogP contribution in [0, 0.1) is 0 Å². The van der Waals surface area contributed by atoms with Crippen molar-refractivity contribution in [2.75, 3.05) is 18.0 Å². The molecule has 0 spiro atoms. The zero-order valence-electron chi connectivity index (χ0n) is 16.9. The summed E-state index contributed by atoms with van der Waals surface area (Å²) in [6.45, 7) is 8.84. The summed E-state index contributed by atoms with van der Waals surface area (Å²) in [4.78, 5) is 7.31. The van der Waals surface area contributed by atoms with E-state index in [4.69, 9.17) is 4.98 Å². The quantitative estimate of drug-likeness (QED) is 0.611. The Morgan fingerprint density at radius 1 is 0.786 bits per heavy atom. The molecular weight excluding hydrogens is 344 g/mol. The lowest BCUT2D eigenvalue weighted by atomic mass is 9.86. The smallest absolute Gasteiger partial charge is 0.129 e. The van der Waals surface area contributed by atoms with Gasteiger partial charge in [-0.25, -0.2) is 4.98 Å². The van der Waals surface area contributed by atoms with Crippen LogP contribution in [0.15, 0.2) is 60.7 Å². The van der Waals surface area contributed by atoms with Crippen molar-refractivity contribution in [3.8, 4) is 28.1 Å². The van der Waals surface area contributed by atoms with Gasteiger partial charge in [-0.2, -0.15) is 0 Å². The molecule has 0 atom stereocenters. The number of hydrogen-bond acceptors (Lipinski definition) is 3. The Labute approximate surface area is 167 Å². The Kier molecular flexibility index (Phi) is 4.84. The third-order valence-corrected chi connectivity index (χ3v) is 5.49. The fourth-order valence-corrected chi connectivity index (χ4v) is 3.73. The van der Waals surface area contributed by atoms with E-state index in [-0.39, 0.29) is 11.2 Å². The minimum Gasteiger partial charge on any atom is -0.508 e. The monoisotopic (exact) mass is 372 g/mol. The summed E-state index contributed by atoms with van der Waals surface area (Å²) in [6.07, 6.45) is 2.45. The van der Waals surface area contributed by atoms with Gasteiger partial charge in [0, 0.05) is 18.7 Å². The molecule has 0 saturated carbocycles. The van der Waals surface area contributed by atoms with Gasteiger partial charge in [-0.15, -0.1) is 0 Å². The molecule has 3 heteroatoms. The molecule has 144 valence electrons. The highest BCUT2D eigenvalue weighted by Gasteiger charge is 2.17. The Balaban J connectivity index is 1.78. The van der Waals surface area contributed by atoms with Crippen LogP contribution in [0.3, 0.4) is 0 Å². The lowest BCUT2D eigenvalue weighted by molar-refractivity contribution is 0.475. The predicted molar refractivity (Wildman–Crippen MR) is 117 cm³/mol. The molecule has 1 N–H and O–H groups in total. The minimum absolute atomic E-state index is 0.148. The van der Waals surface area contributed by atoms with Crippen molar-refractivity contribution in [3.63, 3.8) is 0 Å². The molecule has 0 amide bonds. The van der Waals surface area contributed by atoms with Crippen molar-refractivity contribution >= 4 is 5.82 Å². The molecule has 3 nitrogen and oxygen atoms in total. The Hall–Kier alpha value is -2.81. The topological polar surface area (TPSA) is 36.4 Å². The van der Waals surface area contributed by atoms with Crippen LogP contribution >= 0.6 is 0 Å². The number of anilines is 1. The first-order chi connectivity index (χ1) is 13.4. The SMILES string of the molecule is CC(C)(C)c1ccc(-c2cc(-c3ccc(O)cc3)nc(N3CCCC3)c2)cc1. The molecule has 1 aromatic heterocycles. The highest BCUT2D eigenvalue weighted by atomic mass is 16.3. The van der Waals surface area contributed by atoms with Gasteiger partial charge >= 0.3 is 0 Å². The zero-order valence-corrected chi connectivity index (χ0v) is 16.9. The van der Waals surface area contributed by atoms with Crippen LogP contribution in [0.1, 0.15) is 39.2 Å². The van der Waals surface area contributed by atoms with Crippen molar-refractivity contribution < 1.29 is 5.11 Å². The van der Waals surface area contributed by atoms with Crippen molar-refractivity contribution in [1.29, 1.82) is 0 Å². The number of aromatic hydroxyl groups is 1. The predicted octanol–water partition coefficient (Wildman–Crippen LogP) is 6.02. The highest BCUT2D eigenvalue weighted by molar-refractivity contribution is 5.74. The van der Waals surface area contributed by atoms with Gasteiger partial charge in [-0.1, -0.05) is 45.0 Å². The zero-order chi connectivity index (χ0) is 19.7. The number of benzene rings is 2. The van der Waals surface area contributed by atoms with E-state index in [0.29, 0.717) is 0 Å². The van der Waals surface area contributed by atoms with Crippen LogP contribution in [0.5, 0.6) is 5.75 Å². The third-order valence-electron chi connectivity index (χ3n) is 5.49. The summed E-state index contributed by atoms with van der Waals surface area (Å²) in [5.74, 6) is 1.32. The van der Waals surface area contributed by atoms with Crippen LogP contribution < -0.4 is 4.90 Å². The van der Waals surface area contributed by atoms with Gasteiger partial charge < -0.3 is 10.0 Å². The lowest BCUT2D eigenvalue weighted by Gasteiger charge is -2.20. The molecule has 1 saturated heterocycles. The van der Waals surface area contributed by atoms with Crippen molar-refractivity contribution in [2.45, 2.75) is 39.0 Å². The maximum Gasteiger partial charge on any atom is 0.129 e. The molecule has 2 aromatic carbocycles. The van der Waals surface area contributed by atoms with E-state index in [9.17, 15) is 5.11 Å². The number of rotatable bonds is 3. The van der Waals surface area contributed by atoms with Gasteiger partial charge in [-0.05, 0) is 71.3 Å². The molecule has 0 aliphatic carbocycles. The molecule has 0 radical (unpaired) electrons. The van der Waals surface area contributed by atoms with Gasteiger partial charge in [0.1, 0.15) is 11.6 Å². The lowest BCUT2D eigenvalue weighted by Crippen LogP contribution is -2.19. The van der Waals surface area contributed by atoms with Crippen LogP contribution in [0.2, 0.25) is 0 Å². The first-order valence-corrected chi connectivity index (χ1v) is 10.1. The molecule has 0 unspecified atom stereocenters. The molecule has 28 heavy (non-hydrogen) atoms. The van der Waals surface area contributed by atoms with Crippen molar-refractivity contribution in [2.24, 2.45) is 0 Å². The molecule has 1 aliphatic heterocycles. The highest BCUT2D eigenvalue weighted by Crippen LogP contribution is 2.32. The van der Waals surface area contributed by atoms with E-state index >= 15 is 0 Å². The largest absolute Gasteiger partial charge is 0.508 e. The molecular formula is C25H28N2O. The van der Waals surface area contributed by atoms with Crippen LogP contribution in [-0.2, 0) is 5.41 Å². The van der Waals surface area contributed by atoms with Crippen LogP contribution in [-0.4, -0.2) is 23.2 Å². The summed E-state index contributed by atoms with van der Waals surface area (Å²) >= 11 is 0. The molecule has 2 heterocycles. The third kappa shape index (κ3) is 3.89. The number of aromatic nitrogens is 1. The fourth-order valence-electron chi connectivity index (χ4n) is 3.73. The second-order valence-electron chi connectivity index (χ2n) is 8.67. The average molecular weight is 373 g/mol. The molecule has 0 bridgehead atoms. The summed E-state index contributed by atoms with van der Waals surface area (Å²) in [7, 11) is 0. The molecule has 4 rings (SSSR count). The van der Waals surface area contributed by atoms with Gasteiger partial charge in [0.15, 0.2) is 0 Å². The van der Waals surface area contributed by atoms with E-state index in [2.05, 4.69) is 62.1 Å². The fraction of sp³-hybridized carbons (Fsp3) is 0.320. The van der Waals surface area contributed by atoms with E-state index in [1.165, 1.54) is 29.5 Å². The summed E-state index contributed by atoms with van der Waals surface area (Å²) in [5, 5.41) is 9.63. The van der Waals surface area contributed by atoms with Gasteiger partial charge in [0.25, 0.3) is 0 Å². The first-order valence-electron chi connectivity index (χ1n) is 10.1. The van der Waals surface area contributed by atoms with E-state index < -0.39 is 0 Å². The van der Waals surface area contributed by atoms with Gasteiger partial charge in [-0.3, -0.25) is 0 Å². The second-order valence-corrected chi connectivity index (χ2v) is 8.67. The van der Waals surface area contributed by atoms with E-state index in [1.54, 1.807) is 12.1 Å². The van der Waals surface area contributed by atoms with Gasteiger partial charge in [0.05, 0.1) is 5.69 Å². The van der Waals surface area contributed by atoms with Gasteiger partial charge in [0.2, 0.25) is 0 Å². The Morgan fingerprint density at radius 2 is 1.39 bits per heavy atom. The average Bonchev–Trinajstić information content (AvgIpc) is 3.22. The van der Waals surface area contributed by atoms with Crippen LogP contribution in [0.25, 0.3) is 22.4 Å². The number of pyridine rings is 1. The summed E-state index contributed by atoms with van der Waals surface area (Å²) in [6, 6.07) is 20.5. The molecule has 1 fully saturated rings. The maximum atomic E-state index is 9.63. The number of phenolic OH excluding ortho intramolecular Hbond substituents is 1. The standard InChI is InChI=1S/C25H28N2O/c1-25(2,3)21-10-6-18(7-11-21)20-16-23(19-8-12-22(28)13-9-19)26-24(17-20)27-14-4-5-15-27/h6-13,16-17,28H,4-5,14-15H2,1-3H3. The maximum absolute atomic E-state index is 9.63. The van der Waals surface area contributed by atoms with Crippen molar-refractivity contribution in [3.05, 3.63) is 66.2 Å². The van der Waals surface area contributed by atoms with Crippen molar-refractivity contribution in [1.82, 2.24) is 4.98 Å². The Bertz CT molecular complexity index is 947. The van der Waals surface area contributed by atoms with E-state index in [0.717, 1.165) is 30.2 Å². The first kappa shape index (κ1) is 18.5. The summed E-state index contributed by atoms with van der Waals surface area (Å²) < 4.78 is 0. The number of nitrogens with zero attached hydrogens (tertiary/aromatic N) is 2.